The molecule has 6 heteroatoms. The van der Waals surface area contributed by atoms with Crippen LogP contribution in [0.2, 0.25) is 0 Å². The molecule has 0 saturated carbocycles. The van der Waals surface area contributed by atoms with Crippen LogP contribution < -0.4 is 0 Å². The summed E-state index contributed by atoms with van der Waals surface area (Å²) in [5.41, 5.74) is 0. The van der Waals surface area contributed by atoms with E-state index in [9.17, 15) is 9.59 Å². The number of aliphatic hydroxyl groups is 2. The smallest absolute Gasteiger partial charge is 0.332 e. The predicted octanol–water partition coefficient (Wildman–Crippen LogP) is -1.73. The maximum Gasteiger partial charge on any atom is 0.332 e. The monoisotopic (exact) mass is 164 g/mol. The van der Waals surface area contributed by atoms with Gasteiger partial charge in [-0.2, -0.15) is 0 Å². The highest BCUT2D eigenvalue weighted by molar-refractivity contribution is 5.75. The van der Waals surface area contributed by atoms with Crippen molar-refractivity contribution in [2.24, 2.45) is 0 Å². The molecule has 0 amide bonds. The van der Waals surface area contributed by atoms with Crippen LogP contribution in [0.4, 0.5) is 0 Å². The van der Waals surface area contributed by atoms with Crippen LogP contribution in [-0.2, 0) is 9.59 Å². The van der Waals surface area contributed by atoms with Crippen LogP contribution >= 0.6 is 0 Å². The van der Waals surface area contributed by atoms with Crippen LogP contribution in [0.15, 0.2) is 0 Å². The molecule has 0 spiro atoms. The van der Waals surface area contributed by atoms with Crippen molar-refractivity contribution in [1.82, 2.24) is 0 Å². The Labute approximate surface area is 61.7 Å². The summed E-state index contributed by atoms with van der Waals surface area (Å²) in [6.45, 7) is 0. The molecule has 0 bridgehead atoms. The Balaban J connectivity index is 3.84. The number of rotatable bonds is 4. The van der Waals surface area contributed by atoms with Crippen LogP contribution in [-0.4, -0.2) is 44.6 Å². The molecule has 0 aromatic carbocycles. The fourth-order valence-electron chi connectivity index (χ4n) is 0.413. The van der Waals surface area contributed by atoms with Gasteiger partial charge in [0.2, 0.25) is 0 Å². The molecule has 0 aliphatic heterocycles. The maximum atomic E-state index is 9.90. The first kappa shape index (κ1) is 9.86. The average molecular weight is 164 g/mol. The van der Waals surface area contributed by atoms with Crippen molar-refractivity contribution in [3.8, 4) is 0 Å². The van der Waals surface area contributed by atoms with Gasteiger partial charge in [0.15, 0.2) is 12.2 Å². The zero-order valence-electron chi connectivity index (χ0n) is 5.47. The normalized spacial score (nSPS) is 15.5. The maximum absolute atomic E-state index is 9.90. The summed E-state index contributed by atoms with van der Waals surface area (Å²) in [6, 6.07) is 0. The number of hydrogen-bond donors (Lipinski definition) is 4. The van der Waals surface area contributed by atoms with Gasteiger partial charge in [-0.1, -0.05) is 0 Å². The predicted molar refractivity (Wildman–Crippen MR) is 31.9 cm³/mol. The molecule has 0 aromatic heterocycles. The van der Waals surface area contributed by atoms with Gasteiger partial charge in [0, 0.05) is 6.42 Å². The zero-order valence-corrected chi connectivity index (χ0v) is 5.47. The first-order valence-corrected chi connectivity index (χ1v) is 2.77. The summed E-state index contributed by atoms with van der Waals surface area (Å²) in [7, 11) is 0. The molecule has 0 rings (SSSR count). The molecule has 0 fully saturated rings. The van der Waals surface area contributed by atoms with Crippen LogP contribution in [0.3, 0.4) is 0 Å². The van der Waals surface area contributed by atoms with Crippen LogP contribution in [0, 0.1) is 0 Å². The molecule has 2 atom stereocenters. The van der Waals surface area contributed by atoms with Crippen molar-refractivity contribution < 1.29 is 30.0 Å². The van der Waals surface area contributed by atoms with Crippen LogP contribution in [0.5, 0.6) is 0 Å². The highest BCUT2D eigenvalue weighted by Gasteiger charge is 2.22. The van der Waals surface area contributed by atoms with Crippen molar-refractivity contribution in [2.45, 2.75) is 18.6 Å². The van der Waals surface area contributed by atoms with Gasteiger partial charge >= 0.3 is 11.9 Å². The summed E-state index contributed by atoms with van der Waals surface area (Å²) < 4.78 is 0. The van der Waals surface area contributed by atoms with Crippen LogP contribution in [0.1, 0.15) is 6.42 Å². The van der Waals surface area contributed by atoms with Crippen molar-refractivity contribution in [3.63, 3.8) is 0 Å². The Morgan fingerprint density at radius 3 is 1.45 bits per heavy atom. The van der Waals surface area contributed by atoms with Gasteiger partial charge in [-0.05, 0) is 0 Å². The number of carboxylic acids is 2. The SMILES string of the molecule is O=C(O)C(O)CC(O)C(=O)O. The van der Waals surface area contributed by atoms with E-state index in [1.54, 1.807) is 0 Å². The lowest BCUT2D eigenvalue weighted by Crippen LogP contribution is -2.30. The van der Waals surface area contributed by atoms with E-state index in [2.05, 4.69) is 0 Å². The lowest BCUT2D eigenvalue weighted by atomic mass is 10.1. The van der Waals surface area contributed by atoms with E-state index < -0.39 is 30.6 Å². The van der Waals surface area contributed by atoms with Crippen molar-refractivity contribution in [3.05, 3.63) is 0 Å². The molecule has 0 saturated heterocycles. The summed E-state index contributed by atoms with van der Waals surface area (Å²) >= 11 is 0. The lowest BCUT2D eigenvalue weighted by molar-refractivity contribution is -0.153. The third-order valence-electron chi connectivity index (χ3n) is 1.02. The quantitative estimate of drug-likeness (QED) is 0.392. The highest BCUT2D eigenvalue weighted by atomic mass is 16.4. The van der Waals surface area contributed by atoms with E-state index in [0.29, 0.717) is 0 Å². The Kier molecular flexibility index (Phi) is 3.49. The van der Waals surface area contributed by atoms with Gasteiger partial charge in [-0.15, -0.1) is 0 Å². The van der Waals surface area contributed by atoms with Crippen LogP contribution in [0.25, 0.3) is 0 Å². The average Bonchev–Trinajstić information content (AvgIpc) is 1.87. The Morgan fingerprint density at radius 1 is 1.00 bits per heavy atom. The van der Waals surface area contributed by atoms with Crippen molar-refractivity contribution in [1.29, 1.82) is 0 Å². The minimum Gasteiger partial charge on any atom is -0.479 e. The van der Waals surface area contributed by atoms with E-state index in [0.717, 1.165) is 0 Å². The number of hydrogen-bond acceptors (Lipinski definition) is 4. The molecule has 2 unspecified atom stereocenters. The number of aliphatic carboxylic acids is 2. The lowest BCUT2D eigenvalue weighted by Gasteiger charge is -2.07. The Bertz CT molecular complexity index is 146. The molecule has 11 heavy (non-hydrogen) atoms. The minimum atomic E-state index is -1.83. The Morgan fingerprint density at radius 2 is 1.27 bits per heavy atom. The standard InChI is InChI=1S/C5H8O6/c6-2(4(8)9)1-3(7)5(10)11/h2-3,6-7H,1H2,(H,8,9)(H,10,11). The summed E-state index contributed by atoms with van der Waals surface area (Å²) in [4.78, 5) is 19.8. The highest BCUT2D eigenvalue weighted by Crippen LogP contribution is 1.98. The van der Waals surface area contributed by atoms with Gasteiger partial charge in [0.05, 0.1) is 0 Å². The molecule has 0 aromatic rings. The molecule has 6 nitrogen and oxygen atoms in total. The molecule has 0 radical (unpaired) electrons. The number of carbonyl (C=O) groups is 2. The molecular formula is C5H8O6. The van der Waals surface area contributed by atoms with Gasteiger partial charge in [-0.3, -0.25) is 0 Å². The number of aliphatic hydroxyl groups excluding tert-OH is 2. The molecule has 0 heterocycles. The largest absolute Gasteiger partial charge is 0.479 e. The zero-order chi connectivity index (χ0) is 9.02. The molecule has 0 aliphatic rings. The summed E-state index contributed by atoms with van der Waals surface area (Å²) in [5.74, 6) is -3.10. The third kappa shape index (κ3) is 3.54. The van der Waals surface area contributed by atoms with Crippen molar-refractivity contribution >= 4 is 11.9 Å². The number of carboxylic acid groups (broad SMARTS) is 2. The van der Waals surface area contributed by atoms with E-state index >= 15 is 0 Å². The molecule has 0 aliphatic carbocycles. The molecule has 4 N–H and O–H groups in total. The summed E-state index contributed by atoms with van der Waals surface area (Å²) in [5, 5.41) is 33.2. The molecule has 64 valence electrons. The fraction of sp³-hybridized carbons (Fsp3) is 0.600. The Hall–Kier alpha value is -1.14. The summed E-state index contributed by atoms with van der Waals surface area (Å²) in [6.07, 6.45) is -4.37. The molecular weight excluding hydrogens is 156 g/mol. The van der Waals surface area contributed by atoms with Crippen molar-refractivity contribution in [2.75, 3.05) is 0 Å². The van der Waals surface area contributed by atoms with E-state index in [-0.39, 0.29) is 0 Å². The topological polar surface area (TPSA) is 115 Å². The first-order chi connectivity index (χ1) is 4.95. The van der Waals surface area contributed by atoms with E-state index in [4.69, 9.17) is 20.4 Å². The first-order valence-electron chi connectivity index (χ1n) is 2.77. The fourth-order valence-corrected chi connectivity index (χ4v) is 0.413. The van der Waals surface area contributed by atoms with E-state index in [1.807, 2.05) is 0 Å². The minimum absolute atomic E-state index is 0.704. The second-order valence-electron chi connectivity index (χ2n) is 1.94. The van der Waals surface area contributed by atoms with Gasteiger partial charge in [0.1, 0.15) is 0 Å². The van der Waals surface area contributed by atoms with Gasteiger partial charge in [-0.25, -0.2) is 9.59 Å². The second-order valence-corrected chi connectivity index (χ2v) is 1.94. The van der Waals surface area contributed by atoms with Gasteiger partial charge < -0.3 is 20.4 Å². The van der Waals surface area contributed by atoms with E-state index in [1.165, 1.54) is 0 Å². The van der Waals surface area contributed by atoms with Gasteiger partial charge in [0.25, 0.3) is 0 Å². The second kappa shape index (κ2) is 3.89. The third-order valence-corrected chi connectivity index (χ3v) is 1.02.